The molecule has 0 aliphatic carbocycles. The molecule has 1 aromatic rings. The van der Waals surface area contributed by atoms with E-state index in [1.54, 1.807) is 0 Å². The Kier molecular flexibility index (Phi) is 2.54. The summed E-state index contributed by atoms with van der Waals surface area (Å²) in [7, 11) is 0. The van der Waals surface area contributed by atoms with E-state index >= 15 is 0 Å². The third-order valence-electron chi connectivity index (χ3n) is 2.97. The van der Waals surface area contributed by atoms with Gasteiger partial charge in [0.15, 0.2) is 5.82 Å². The predicted octanol–water partition coefficient (Wildman–Crippen LogP) is 1.10. The molecule has 2 rings (SSSR count). The Labute approximate surface area is 90.9 Å². The Hall–Kier alpha value is -0.900. The van der Waals surface area contributed by atoms with Crippen LogP contribution in [0.15, 0.2) is 0 Å². The summed E-state index contributed by atoms with van der Waals surface area (Å²) in [6.07, 6.45) is 2.12. The number of hydrogen-bond donors (Lipinski definition) is 1. The number of nitrogens with two attached hydrogens (primary N) is 1. The fourth-order valence-corrected chi connectivity index (χ4v) is 1.89. The highest BCUT2D eigenvalue weighted by Gasteiger charge is 2.25. The first-order valence-electron chi connectivity index (χ1n) is 5.65. The molecule has 0 aromatic carbocycles. The van der Waals surface area contributed by atoms with Gasteiger partial charge >= 0.3 is 0 Å². The van der Waals surface area contributed by atoms with E-state index in [2.05, 4.69) is 30.9 Å². The van der Waals surface area contributed by atoms with Crippen LogP contribution in [-0.2, 0) is 18.4 Å². The predicted molar refractivity (Wildman–Crippen MR) is 59.6 cm³/mol. The lowest BCUT2D eigenvalue weighted by atomic mass is 9.96. The summed E-state index contributed by atoms with van der Waals surface area (Å²) in [5, 5.41) is 4.56. The Morgan fingerprint density at radius 3 is 2.80 bits per heavy atom. The summed E-state index contributed by atoms with van der Waals surface area (Å²) in [5.74, 6) is 2.66. The topological polar surface area (TPSA) is 56.7 Å². The number of hydrogen-bond acceptors (Lipinski definition) is 3. The molecular weight excluding hydrogens is 188 g/mol. The molecule has 4 heteroatoms. The molecule has 1 aliphatic heterocycles. The van der Waals surface area contributed by atoms with Gasteiger partial charge < -0.3 is 5.73 Å². The van der Waals surface area contributed by atoms with Gasteiger partial charge in [0.05, 0.1) is 0 Å². The molecule has 1 aliphatic rings. The molecule has 1 unspecified atom stereocenters. The molecule has 0 saturated carbocycles. The quantitative estimate of drug-likeness (QED) is 0.751. The average molecular weight is 208 g/mol. The van der Waals surface area contributed by atoms with Crippen LogP contribution in [0.5, 0.6) is 0 Å². The first kappa shape index (κ1) is 10.6. The van der Waals surface area contributed by atoms with Crippen molar-refractivity contribution in [1.29, 1.82) is 0 Å². The molecule has 0 bridgehead atoms. The molecule has 15 heavy (non-hydrogen) atoms. The zero-order chi connectivity index (χ0) is 11.1. The highest BCUT2D eigenvalue weighted by Crippen LogP contribution is 2.23. The van der Waals surface area contributed by atoms with Gasteiger partial charge in [-0.1, -0.05) is 20.8 Å². The van der Waals surface area contributed by atoms with Gasteiger partial charge in [-0.2, -0.15) is 5.10 Å². The lowest BCUT2D eigenvalue weighted by Crippen LogP contribution is -2.26. The number of aryl methyl sites for hydroxylation is 1. The second-order valence-corrected chi connectivity index (χ2v) is 5.42. The normalized spacial score (nSPS) is 21.5. The van der Waals surface area contributed by atoms with Crippen molar-refractivity contribution in [2.24, 2.45) is 11.7 Å². The molecule has 0 fully saturated rings. The van der Waals surface area contributed by atoms with Crippen LogP contribution >= 0.6 is 0 Å². The van der Waals surface area contributed by atoms with E-state index in [0.717, 1.165) is 37.6 Å². The van der Waals surface area contributed by atoms with Crippen molar-refractivity contribution in [2.75, 3.05) is 6.54 Å². The van der Waals surface area contributed by atoms with Gasteiger partial charge in [-0.25, -0.2) is 9.67 Å². The van der Waals surface area contributed by atoms with Crippen LogP contribution in [0.4, 0.5) is 0 Å². The molecule has 0 spiro atoms. The summed E-state index contributed by atoms with van der Waals surface area (Å²) in [6.45, 7) is 8.18. The summed E-state index contributed by atoms with van der Waals surface area (Å²) in [4.78, 5) is 4.62. The van der Waals surface area contributed by atoms with Gasteiger partial charge in [0.1, 0.15) is 5.82 Å². The first-order chi connectivity index (χ1) is 7.00. The summed E-state index contributed by atoms with van der Waals surface area (Å²) in [6, 6.07) is 0. The molecular formula is C11H20N4. The third kappa shape index (κ3) is 2.04. The Morgan fingerprint density at radius 1 is 1.47 bits per heavy atom. The van der Waals surface area contributed by atoms with Crippen LogP contribution in [-0.4, -0.2) is 21.3 Å². The van der Waals surface area contributed by atoms with Gasteiger partial charge in [0.2, 0.25) is 0 Å². The second kappa shape index (κ2) is 3.59. The standard InChI is InChI=1S/C11H20N4/c1-11(2,3)10-13-9-6-8(7-12)4-5-15(9)14-10/h8H,4-7,12H2,1-3H3. The van der Waals surface area contributed by atoms with Gasteiger partial charge in [0.25, 0.3) is 0 Å². The monoisotopic (exact) mass is 208 g/mol. The highest BCUT2D eigenvalue weighted by molar-refractivity contribution is 5.05. The van der Waals surface area contributed by atoms with Crippen molar-refractivity contribution in [2.45, 2.75) is 45.6 Å². The molecule has 1 atom stereocenters. The Bertz CT molecular complexity index is 348. The van der Waals surface area contributed by atoms with Crippen LogP contribution in [0, 0.1) is 5.92 Å². The van der Waals surface area contributed by atoms with Crippen LogP contribution in [0.1, 0.15) is 38.8 Å². The number of fused-ring (bicyclic) bond motifs is 1. The lowest BCUT2D eigenvalue weighted by molar-refractivity contribution is 0.368. The summed E-state index contributed by atoms with van der Waals surface area (Å²) < 4.78 is 2.05. The maximum absolute atomic E-state index is 5.70. The molecule has 0 radical (unpaired) electrons. The highest BCUT2D eigenvalue weighted by atomic mass is 15.4. The largest absolute Gasteiger partial charge is 0.330 e. The van der Waals surface area contributed by atoms with Crippen LogP contribution in [0.2, 0.25) is 0 Å². The minimum atomic E-state index is 0.0442. The smallest absolute Gasteiger partial charge is 0.156 e. The van der Waals surface area contributed by atoms with E-state index in [-0.39, 0.29) is 5.41 Å². The fourth-order valence-electron chi connectivity index (χ4n) is 1.89. The van der Waals surface area contributed by atoms with Crippen LogP contribution < -0.4 is 5.73 Å². The average Bonchev–Trinajstić information content (AvgIpc) is 2.59. The van der Waals surface area contributed by atoms with E-state index in [1.165, 1.54) is 0 Å². The zero-order valence-corrected chi connectivity index (χ0v) is 9.82. The zero-order valence-electron chi connectivity index (χ0n) is 9.82. The van der Waals surface area contributed by atoms with Gasteiger partial charge in [0, 0.05) is 18.4 Å². The molecule has 4 nitrogen and oxygen atoms in total. The van der Waals surface area contributed by atoms with E-state index < -0.39 is 0 Å². The molecule has 0 saturated heterocycles. The molecule has 0 amide bonds. The Morgan fingerprint density at radius 2 is 2.20 bits per heavy atom. The Balaban J connectivity index is 2.26. The van der Waals surface area contributed by atoms with Gasteiger partial charge in [-0.3, -0.25) is 0 Å². The molecule has 84 valence electrons. The van der Waals surface area contributed by atoms with E-state index in [9.17, 15) is 0 Å². The summed E-state index contributed by atoms with van der Waals surface area (Å²) >= 11 is 0. The van der Waals surface area contributed by atoms with E-state index in [1.807, 2.05) is 4.68 Å². The minimum absolute atomic E-state index is 0.0442. The third-order valence-corrected chi connectivity index (χ3v) is 2.97. The number of aromatic nitrogens is 3. The van der Waals surface area contributed by atoms with Crippen LogP contribution in [0.3, 0.4) is 0 Å². The number of rotatable bonds is 1. The van der Waals surface area contributed by atoms with Gasteiger partial charge in [-0.05, 0) is 18.9 Å². The van der Waals surface area contributed by atoms with Crippen molar-refractivity contribution in [1.82, 2.24) is 14.8 Å². The van der Waals surface area contributed by atoms with E-state index in [4.69, 9.17) is 5.73 Å². The van der Waals surface area contributed by atoms with Crippen molar-refractivity contribution in [3.63, 3.8) is 0 Å². The maximum atomic E-state index is 5.70. The maximum Gasteiger partial charge on any atom is 0.156 e. The van der Waals surface area contributed by atoms with Crippen molar-refractivity contribution >= 4 is 0 Å². The van der Waals surface area contributed by atoms with Crippen molar-refractivity contribution < 1.29 is 0 Å². The second-order valence-electron chi connectivity index (χ2n) is 5.42. The molecule has 2 N–H and O–H groups in total. The van der Waals surface area contributed by atoms with Crippen molar-refractivity contribution in [3.05, 3.63) is 11.6 Å². The van der Waals surface area contributed by atoms with Crippen molar-refractivity contribution in [3.8, 4) is 0 Å². The first-order valence-corrected chi connectivity index (χ1v) is 5.65. The number of nitrogens with zero attached hydrogens (tertiary/aromatic N) is 3. The molecule has 2 heterocycles. The van der Waals surface area contributed by atoms with E-state index in [0.29, 0.717) is 5.92 Å². The summed E-state index contributed by atoms with van der Waals surface area (Å²) in [5.41, 5.74) is 5.74. The van der Waals surface area contributed by atoms with Gasteiger partial charge in [-0.15, -0.1) is 0 Å². The molecule has 1 aromatic heterocycles. The SMILES string of the molecule is CC(C)(C)c1nc2n(n1)CCC(CN)C2. The van der Waals surface area contributed by atoms with Crippen LogP contribution in [0.25, 0.3) is 0 Å². The minimum Gasteiger partial charge on any atom is -0.330 e. The lowest BCUT2D eigenvalue weighted by Gasteiger charge is -2.19. The fraction of sp³-hybridized carbons (Fsp3) is 0.818.